The van der Waals surface area contributed by atoms with Crippen LogP contribution in [0.25, 0.3) is 0 Å². The first kappa shape index (κ1) is 13.6. The third kappa shape index (κ3) is 3.81. The van der Waals surface area contributed by atoms with Crippen LogP contribution in [0.3, 0.4) is 0 Å². The van der Waals surface area contributed by atoms with E-state index in [4.69, 9.17) is 0 Å². The number of imidazole rings is 1. The zero-order valence-electron chi connectivity index (χ0n) is 11.7. The van der Waals surface area contributed by atoms with Gasteiger partial charge in [-0.2, -0.15) is 0 Å². The van der Waals surface area contributed by atoms with Gasteiger partial charge in [-0.15, -0.1) is 0 Å². The zero-order valence-corrected chi connectivity index (χ0v) is 11.7. The van der Waals surface area contributed by atoms with E-state index in [1.165, 1.54) is 12.1 Å². The molecule has 3 nitrogen and oxygen atoms in total. The van der Waals surface area contributed by atoms with E-state index >= 15 is 0 Å². The molecule has 1 aromatic heterocycles. The molecular formula is C15H20FN3. The van der Waals surface area contributed by atoms with Crippen molar-refractivity contribution in [2.24, 2.45) is 5.92 Å². The highest BCUT2D eigenvalue weighted by atomic mass is 19.1. The lowest BCUT2D eigenvalue weighted by atomic mass is 10.2. The molecule has 2 rings (SSSR count). The molecule has 4 heteroatoms. The van der Waals surface area contributed by atoms with E-state index in [2.05, 4.69) is 28.7 Å². The van der Waals surface area contributed by atoms with Crippen molar-refractivity contribution in [2.45, 2.75) is 33.9 Å². The first-order valence-corrected chi connectivity index (χ1v) is 6.56. The average Bonchev–Trinajstić information content (AvgIpc) is 2.66. The van der Waals surface area contributed by atoms with Crippen molar-refractivity contribution in [2.75, 3.05) is 5.32 Å². The van der Waals surface area contributed by atoms with Gasteiger partial charge < -0.3 is 9.88 Å². The lowest BCUT2D eigenvalue weighted by Crippen LogP contribution is -2.10. The summed E-state index contributed by atoms with van der Waals surface area (Å²) in [6, 6.07) is 6.61. The molecule has 102 valence electrons. The van der Waals surface area contributed by atoms with Crippen LogP contribution in [0.5, 0.6) is 0 Å². The minimum atomic E-state index is -0.207. The van der Waals surface area contributed by atoms with E-state index in [1.807, 2.05) is 19.2 Å². The highest BCUT2D eigenvalue weighted by Crippen LogP contribution is 2.13. The second-order valence-corrected chi connectivity index (χ2v) is 5.24. The molecule has 2 aromatic rings. The third-order valence-electron chi connectivity index (χ3n) is 2.80. The van der Waals surface area contributed by atoms with Gasteiger partial charge in [0.2, 0.25) is 5.95 Å². The van der Waals surface area contributed by atoms with Gasteiger partial charge >= 0.3 is 0 Å². The van der Waals surface area contributed by atoms with Crippen LogP contribution in [0.4, 0.5) is 10.3 Å². The van der Waals surface area contributed by atoms with Crippen LogP contribution in [0.15, 0.2) is 30.5 Å². The van der Waals surface area contributed by atoms with Gasteiger partial charge in [-0.3, -0.25) is 0 Å². The number of rotatable bonds is 5. The fourth-order valence-corrected chi connectivity index (χ4v) is 2.05. The van der Waals surface area contributed by atoms with E-state index in [-0.39, 0.29) is 5.82 Å². The molecule has 0 saturated heterocycles. The topological polar surface area (TPSA) is 29.9 Å². The van der Waals surface area contributed by atoms with Crippen LogP contribution < -0.4 is 5.32 Å². The van der Waals surface area contributed by atoms with Crippen LogP contribution in [0.1, 0.15) is 25.1 Å². The molecule has 0 amide bonds. The molecule has 0 radical (unpaired) electrons. The van der Waals surface area contributed by atoms with Crippen molar-refractivity contribution in [3.8, 4) is 0 Å². The molecule has 0 atom stereocenters. The Labute approximate surface area is 113 Å². The number of hydrogen-bond acceptors (Lipinski definition) is 2. The van der Waals surface area contributed by atoms with Crippen molar-refractivity contribution in [3.05, 3.63) is 47.5 Å². The van der Waals surface area contributed by atoms with Crippen LogP contribution in [-0.2, 0) is 13.1 Å². The Morgan fingerprint density at radius 2 is 2.16 bits per heavy atom. The SMILES string of the molecule is Cc1cn(CC(C)C)c(NCc2cccc(F)c2)n1. The molecule has 0 aliphatic rings. The summed E-state index contributed by atoms with van der Waals surface area (Å²) >= 11 is 0. The smallest absolute Gasteiger partial charge is 0.203 e. The number of benzene rings is 1. The van der Waals surface area contributed by atoms with E-state index < -0.39 is 0 Å². The summed E-state index contributed by atoms with van der Waals surface area (Å²) < 4.78 is 15.2. The lowest BCUT2D eigenvalue weighted by molar-refractivity contribution is 0.526. The minimum Gasteiger partial charge on any atom is -0.352 e. The van der Waals surface area contributed by atoms with Gasteiger partial charge in [0, 0.05) is 19.3 Å². The van der Waals surface area contributed by atoms with E-state index in [0.717, 1.165) is 23.8 Å². The van der Waals surface area contributed by atoms with Crippen molar-refractivity contribution in [1.29, 1.82) is 0 Å². The first-order chi connectivity index (χ1) is 9.04. The number of aromatic nitrogens is 2. The quantitative estimate of drug-likeness (QED) is 0.891. The molecule has 1 aromatic carbocycles. The minimum absolute atomic E-state index is 0.207. The maximum Gasteiger partial charge on any atom is 0.203 e. The maximum absolute atomic E-state index is 13.1. The number of anilines is 1. The summed E-state index contributed by atoms with van der Waals surface area (Å²) in [5, 5.41) is 3.27. The Hall–Kier alpha value is -1.84. The first-order valence-electron chi connectivity index (χ1n) is 6.56. The predicted octanol–water partition coefficient (Wildman–Crippen LogP) is 3.60. The third-order valence-corrected chi connectivity index (χ3v) is 2.80. The van der Waals surface area contributed by atoms with Crippen LogP contribution >= 0.6 is 0 Å². The van der Waals surface area contributed by atoms with Gasteiger partial charge in [-0.1, -0.05) is 26.0 Å². The van der Waals surface area contributed by atoms with Crippen LogP contribution in [-0.4, -0.2) is 9.55 Å². The normalized spacial score (nSPS) is 11.0. The number of nitrogens with one attached hydrogen (secondary N) is 1. The molecule has 0 aliphatic carbocycles. The monoisotopic (exact) mass is 261 g/mol. The standard InChI is InChI=1S/C15H20FN3/c1-11(2)9-19-10-12(3)18-15(19)17-8-13-5-4-6-14(16)7-13/h4-7,10-11H,8-9H2,1-3H3,(H,17,18). The van der Waals surface area contributed by atoms with Gasteiger partial charge in [0.1, 0.15) is 5.82 Å². The number of aryl methyl sites for hydroxylation is 1. The Morgan fingerprint density at radius 1 is 1.37 bits per heavy atom. The number of hydrogen-bond donors (Lipinski definition) is 1. The van der Waals surface area contributed by atoms with Gasteiger partial charge in [0.05, 0.1) is 5.69 Å². The summed E-state index contributed by atoms with van der Waals surface area (Å²) in [4.78, 5) is 4.46. The van der Waals surface area contributed by atoms with Gasteiger partial charge in [-0.25, -0.2) is 9.37 Å². The Balaban J connectivity index is 2.06. The fourth-order valence-electron chi connectivity index (χ4n) is 2.05. The van der Waals surface area contributed by atoms with Crippen molar-refractivity contribution in [1.82, 2.24) is 9.55 Å². The van der Waals surface area contributed by atoms with E-state index in [0.29, 0.717) is 12.5 Å². The summed E-state index contributed by atoms with van der Waals surface area (Å²) in [6.45, 7) is 7.82. The molecular weight excluding hydrogens is 241 g/mol. The van der Waals surface area contributed by atoms with Gasteiger partial charge in [0.15, 0.2) is 0 Å². The molecule has 1 heterocycles. The predicted molar refractivity (Wildman–Crippen MR) is 75.5 cm³/mol. The second kappa shape index (κ2) is 5.87. The van der Waals surface area contributed by atoms with Crippen molar-refractivity contribution < 1.29 is 4.39 Å². The van der Waals surface area contributed by atoms with Crippen LogP contribution in [0.2, 0.25) is 0 Å². The maximum atomic E-state index is 13.1. The molecule has 0 aliphatic heterocycles. The highest BCUT2D eigenvalue weighted by Gasteiger charge is 2.07. The van der Waals surface area contributed by atoms with E-state index in [1.54, 1.807) is 6.07 Å². The zero-order chi connectivity index (χ0) is 13.8. The van der Waals surface area contributed by atoms with Crippen LogP contribution in [0, 0.1) is 18.7 Å². The Kier molecular flexibility index (Phi) is 4.20. The molecule has 0 spiro atoms. The fraction of sp³-hybridized carbons (Fsp3) is 0.400. The lowest BCUT2D eigenvalue weighted by Gasteiger charge is -2.11. The molecule has 0 bridgehead atoms. The summed E-state index contributed by atoms with van der Waals surface area (Å²) in [7, 11) is 0. The summed E-state index contributed by atoms with van der Waals surface area (Å²) in [5.74, 6) is 1.19. The summed E-state index contributed by atoms with van der Waals surface area (Å²) in [5.41, 5.74) is 1.90. The highest BCUT2D eigenvalue weighted by molar-refractivity contribution is 5.31. The number of nitrogens with zero attached hydrogens (tertiary/aromatic N) is 2. The molecule has 19 heavy (non-hydrogen) atoms. The second-order valence-electron chi connectivity index (χ2n) is 5.24. The largest absolute Gasteiger partial charge is 0.352 e. The summed E-state index contributed by atoms with van der Waals surface area (Å²) in [6.07, 6.45) is 2.04. The van der Waals surface area contributed by atoms with Gasteiger partial charge in [0.25, 0.3) is 0 Å². The van der Waals surface area contributed by atoms with Crippen molar-refractivity contribution in [3.63, 3.8) is 0 Å². The molecule has 0 fully saturated rings. The van der Waals surface area contributed by atoms with E-state index in [9.17, 15) is 4.39 Å². The van der Waals surface area contributed by atoms with Gasteiger partial charge in [-0.05, 0) is 30.5 Å². The average molecular weight is 261 g/mol. The Morgan fingerprint density at radius 3 is 2.84 bits per heavy atom. The van der Waals surface area contributed by atoms with Crippen molar-refractivity contribution >= 4 is 5.95 Å². The Bertz CT molecular complexity index is 546. The molecule has 0 saturated carbocycles. The molecule has 0 unspecified atom stereocenters. The molecule has 1 N–H and O–H groups in total. The number of halogens is 1.